The quantitative estimate of drug-likeness (QED) is 0.439. The van der Waals surface area contributed by atoms with Crippen LogP contribution in [0, 0.1) is 0 Å². The molecule has 1 fully saturated rings. The number of amides is 1. The number of hydrogen-bond donors (Lipinski definition) is 2. The number of thiol groups is 1. The van der Waals surface area contributed by atoms with E-state index in [1.807, 2.05) is 13.0 Å². The first kappa shape index (κ1) is 8.56. The number of ketones is 1. The maximum Gasteiger partial charge on any atom is 0.292 e. The van der Waals surface area contributed by atoms with Crippen LogP contribution in [0.1, 0.15) is 13.3 Å². The molecule has 0 aromatic heterocycles. The summed E-state index contributed by atoms with van der Waals surface area (Å²) in [6.07, 6.45) is 2.68. The molecule has 4 heteroatoms. The van der Waals surface area contributed by atoms with E-state index in [1.165, 1.54) is 0 Å². The molecular formula is C9H9NO2S. The zero-order chi connectivity index (χ0) is 9.59. The van der Waals surface area contributed by atoms with Gasteiger partial charge < -0.3 is 5.32 Å². The first-order valence-electron chi connectivity index (χ1n) is 4.06. The third kappa shape index (κ3) is 1.13. The molecule has 0 aromatic rings. The molecule has 0 bridgehead atoms. The number of hydrogen-bond acceptors (Lipinski definition) is 3. The van der Waals surface area contributed by atoms with E-state index in [2.05, 4.69) is 17.9 Å². The lowest BCUT2D eigenvalue weighted by molar-refractivity contribution is -0.133. The second-order valence-electron chi connectivity index (χ2n) is 3.24. The standard InChI is InChI=1S/C9H9NO2S/c1-4-2-3-5-6(8(4)13)7(11)9(12)10-5/h2,5,13H,3H2,1H3,(H,10,12). The Kier molecular flexibility index (Phi) is 1.80. The topological polar surface area (TPSA) is 46.2 Å². The number of rotatable bonds is 0. The van der Waals surface area contributed by atoms with Crippen LogP contribution < -0.4 is 5.32 Å². The molecule has 0 saturated carbocycles. The molecule has 1 heterocycles. The highest BCUT2D eigenvalue weighted by Crippen LogP contribution is 2.31. The predicted molar refractivity (Wildman–Crippen MR) is 51.3 cm³/mol. The fourth-order valence-electron chi connectivity index (χ4n) is 1.63. The molecule has 0 spiro atoms. The zero-order valence-corrected chi connectivity index (χ0v) is 8.02. The summed E-state index contributed by atoms with van der Waals surface area (Å²) in [6, 6.07) is -0.142. The Morgan fingerprint density at radius 1 is 1.54 bits per heavy atom. The molecule has 1 unspecified atom stereocenters. The normalized spacial score (nSPS) is 27.2. The van der Waals surface area contributed by atoms with Gasteiger partial charge in [-0.2, -0.15) is 0 Å². The molecule has 0 aromatic carbocycles. The van der Waals surface area contributed by atoms with Gasteiger partial charge in [0.15, 0.2) is 0 Å². The van der Waals surface area contributed by atoms with Gasteiger partial charge in [-0.05, 0) is 18.9 Å². The fourth-order valence-corrected chi connectivity index (χ4v) is 1.98. The Morgan fingerprint density at radius 2 is 2.23 bits per heavy atom. The molecule has 1 saturated heterocycles. The monoisotopic (exact) mass is 195 g/mol. The Balaban J connectivity index is 2.51. The van der Waals surface area contributed by atoms with Crippen molar-refractivity contribution in [2.24, 2.45) is 0 Å². The highest BCUT2D eigenvalue weighted by molar-refractivity contribution is 7.84. The van der Waals surface area contributed by atoms with Crippen molar-refractivity contribution in [3.63, 3.8) is 0 Å². The van der Waals surface area contributed by atoms with Crippen molar-refractivity contribution in [3.8, 4) is 0 Å². The van der Waals surface area contributed by atoms with Crippen LogP contribution in [0.5, 0.6) is 0 Å². The highest BCUT2D eigenvalue weighted by atomic mass is 32.1. The minimum absolute atomic E-state index is 0.142. The average Bonchev–Trinajstić information content (AvgIpc) is 2.37. The van der Waals surface area contributed by atoms with E-state index in [9.17, 15) is 9.59 Å². The molecule has 3 nitrogen and oxygen atoms in total. The number of nitrogens with one attached hydrogen (secondary N) is 1. The summed E-state index contributed by atoms with van der Waals surface area (Å²) in [7, 11) is 0. The minimum Gasteiger partial charge on any atom is -0.342 e. The Morgan fingerprint density at radius 3 is 2.92 bits per heavy atom. The summed E-state index contributed by atoms with van der Waals surface area (Å²) in [5, 5.41) is 2.62. The number of fused-ring (bicyclic) bond motifs is 1. The van der Waals surface area contributed by atoms with Gasteiger partial charge >= 0.3 is 0 Å². The lowest BCUT2D eigenvalue weighted by Crippen LogP contribution is -2.27. The fraction of sp³-hybridized carbons (Fsp3) is 0.333. The first-order chi connectivity index (χ1) is 6.11. The van der Waals surface area contributed by atoms with Crippen LogP contribution in [0.15, 0.2) is 22.1 Å². The van der Waals surface area contributed by atoms with Gasteiger partial charge in [0.1, 0.15) is 0 Å². The highest BCUT2D eigenvalue weighted by Gasteiger charge is 2.38. The van der Waals surface area contributed by atoms with Crippen LogP contribution in [0.4, 0.5) is 0 Å². The lowest BCUT2D eigenvalue weighted by atomic mass is 9.95. The third-order valence-electron chi connectivity index (χ3n) is 2.39. The zero-order valence-electron chi connectivity index (χ0n) is 7.13. The molecule has 1 atom stereocenters. The number of Topliss-reactive ketones (excluding diaryl/α,β-unsaturated/α-hetero) is 1. The van der Waals surface area contributed by atoms with Crippen molar-refractivity contribution in [3.05, 3.63) is 22.1 Å². The van der Waals surface area contributed by atoms with E-state index in [4.69, 9.17) is 0 Å². The van der Waals surface area contributed by atoms with Gasteiger partial charge in [0.05, 0.1) is 6.04 Å². The van der Waals surface area contributed by atoms with E-state index < -0.39 is 11.7 Å². The molecule has 1 N–H and O–H groups in total. The van der Waals surface area contributed by atoms with Crippen molar-refractivity contribution >= 4 is 24.3 Å². The molecule has 2 rings (SSSR count). The van der Waals surface area contributed by atoms with Gasteiger partial charge in [-0.1, -0.05) is 6.08 Å². The average molecular weight is 195 g/mol. The Hall–Kier alpha value is -1.03. The molecule has 2 aliphatic rings. The predicted octanol–water partition coefficient (Wildman–Crippen LogP) is 0.588. The maximum absolute atomic E-state index is 11.3. The minimum atomic E-state index is -0.505. The van der Waals surface area contributed by atoms with Gasteiger partial charge in [-0.3, -0.25) is 9.59 Å². The van der Waals surface area contributed by atoms with Gasteiger partial charge in [0, 0.05) is 10.5 Å². The van der Waals surface area contributed by atoms with Crippen LogP contribution in [0.25, 0.3) is 0 Å². The van der Waals surface area contributed by atoms with Crippen molar-refractivity contribution < 1.29 is 9.59 Å². The number of carbonyl (C=O) groups is 2. The van der Waals surface area contributed by atoms with Crippen LogP contribution in [0.2, 0.25) is 0 Å². The van der Waals surface area contributed by atoms with E-state index in [0.29, 0.717) is 16.9 Å². The van der Waals surface area contributed by atoms with Gasteiger partial charge in [-0.25, -0.2) is 0 Å². The second kappa shape index (κ2) is 2.73. The smallest absolute Gasteiger partial charge is 0.292 e. The molecule has 13 heavy (non-hydrogen) atoms. The summed E-state index contributed by atoms with van der Waals surface area (Å²) in [5.74, 6) is -0.933. The van der Waals surface area contributed by atoms with E-state index >= 15 is 0 Å². The van der Waals surface area contributed by atoms with Crippen molar-refractivity contribution in [1.29, 1.82) is 0 Å². The van der Waals surface area contributed by atoms with Gasteiger partial charge in [-0.15, -0.1) is 12.6 Å². The van der Waals surface area contributed by atoms with Gasteiger partial charge in [0.25, 0.3) is 5.91 Å². The molecule has 1 aliphatic carbocycles. The maximum atomic E-state index is 11.3. The summed E-state index contributed by atoms with van der Waals surface area (Å²) >= 11 is 4.23. The molecule has 68 valence electrons. The SMILES string of the molecule is CC1=CCC2NC(=O)C(=O)C2=C1S. The Labute approximate surface area is 81.3 Å². The summed E-state index contributed by atoms with van der Waals surface area (Å²) in [5.41, 5.74) is 1.51. The van der Waals surface area contributed by atoms with E-state index in [0.717, 1.165) is 5.57 Å². The first-order valence-corrected chi connectivity index (χ1v) is 4.51. The summed E-state index contributed by atoms with van der Waals surface area (Å²) in [4.78, 5) is 23.0. The third-order valence-corrected chi connectivity index (χ3v) is 2.99. The van der Waals surface area contributed by atoms with Crippen LogP contribution in [-0.4, -0.2) is 17.7 Å². The van der Waals surface area contributed by atoms with Crippen molar-refractivity contribution in [2.45, 2.75) is 19.4 Å². The Bertz CT molecular complexity index is 368. The van der Waals surface area contributed by atoms with Gasteiger partial charge in [0.2, 0.25) is 5.78 Å². The van der Waals surface area contributed by atoms with Crippen LogP contribution >= 0.6 is 12.6 Å². The summed E-state index contributed by atoms with van der Waals surface area (Å²) < 4.78 is 0. The largest absolute Gasteiger partial charge is 0.342 e. The second-order valence-corrected chi connectivity index (χ2v) is 3.69. The number of carbonyl (C=O) groups excluding carboxylic acids is 2. The van der Waals surface area contributed by atoms with Crippen molar-refractivity contribution in [1.82, 2.24) is 5.32 Å². The van der Waals surface area contributed by atoms with Crippen molar-refractivity contribution in [2.75, 3.05) is 0 Å². The van der Waals surface area contributed by atoms with E-state index in [1.54, 1.807) is 0 Å². The lowest BCUT2D eigenvalue weighted by Gasteiger charge is -2.17. The van der Waals surface area contributed by atoms with E-state index in [-0.39, 0.29) is 6.04 Å². The van der Waals surface area contributed by atoms with Crippen LogP contribution in [-0.2, 0) is 9.59 Å². The molecule has 1 amide bonds. The summed E-state index contributed by atoms with van der Waals surface area (Å²) in [6.45, 7) is 1.89. The van der Waals surface area contributed by atoms with Crippen LogP contribution in [0.3, 0.4) is 0 Å². The molecule has 0 radical (unpaired) electrons. The molecular weight excluding hydrogens is 186 g/mol. The molecule has 1 aliphatic heterocycles. The number of allylic oxidation sites excluding steroid dienone is 1.